The van der Waals surface area contributed by atoms with Crippen molar-refractivity contribution in [2.75, 3.05) is 0 Å². The monoisotopic (exact) mass is 456 g/mol. The number of aromatic nitrogens is 4. The highest BCUT2D eigenvalue weighted by atomic mass is 19.1. The van der Waals surface area contributed by atoms with E-state index >= 15 is 0 Å². The van der Waals surface area contributed by atoms with Gasteiger partial charge in [-0.2, -0.15) is 0 Å². The molecular weight excluding hydrogens is 434 g/mol. The van der Waals surface area contributed by atoms with Gasteiger partial charge in [0.25, 0.3) is 11.1 Å². The highest BCUT2D eigenvalue weighted by molar-refractivity contribution is 5.81. The van der Waals surface area contributed by atoms with E-state index in [0.717, 1.165) is 10.9 Å². The van der Waals surface area contributed by atoms with Gasteiger partial charge in [0.05, 0.1) is 28.1 Å². The summed E-state index contributed by atoms with van der Waals surface area (Å²) in [5, 5.41) is 0.596. The Morgan fingerprint density at radius 2 is 1.48 bits per heavy atom. The van der Waals surface area contributed by atoms with Gasteiger partial charge in [0.2, 0.25) is 0 Å². The molecule has 172 valence electrons. The number of nitrogens with one attached hydrogen (secondary N) is 1. The Bertz CT molecular complexity index is 1490. The third kappa shape index (κ3) is 5.28. The van der Waals surface area contributed by atoms with Crippen LogP contribution >= 0.6 is 0 Å². The molecule has 0 fully saturated rings. The minimum absolute atomic E-state index is 0.178. The molecule has 0 radical (unpaired) electrons. The van der Waals surface area contributed by atoms with Gasteiger partial charge in [-0.25, -0.2) is 28.1 Å². The van der Waals surface area contributed by atoms with E-state index in [-0.39, 0.29) is 22.3 Å². The molecule has 0 amide bonds. The molecule has 4 aromatic rings. The van der Waals surface area contributed by atoms with Gasteiger partial charge in [-0.3, -0.25) is 9.59 Å². The largest absolute Gasteiger partial charge is 0.443 e. The number of H-pyrrole nitrogens is 1. The molecule has 2 aromatic carbocycles. The first-order valence-corrected chi connectivity index (χ1v) is 9.92. The summed E-state index contributed by atoms with van der Waals surface area (Å²) in [6.45, 7) is 8.25. The molecule has 0 spiro atoms. The number of carbonyl (C=O) groups excluding carboxylic acids is 1. The Hall–Kier alpha value is -3.95. The second-order valence-electron chi connectivity index (χ2n) is 8.37. The summed E-state index contributed by atoms with van der Waals surface area (Å²) < 4.78 is 32.3. The Morgan fingerprint density at radius 3 is 2.06 bits per heavy atom. The lowest BCUT2D eigenvalue weighted by Crippen LogP contribution is -2.33. The number of hydrogen-bond acceptors (Lipinski definition) is 6. The molecule has 10 heteroatoms. The molecule has 2 aromatic heterocycles. The summed E-state index contributed by atoms with van der Waals surface area (Å²) in [7, 11) is 0. The first-order chi connectivity index (χ1) is 15.4. The van der Waals surface area contributed by atoms with Gasteiger partial charge >= 0.3 is 6.09 Å². The molecule has 0 bridgehead atoms. The summed E-state index contributed by atoms with van der Waals surface area (Å²) >= 11 is 0. The lowest BCUT2D eigenvalue weighted by Gasteiger charge is -2.19. The van der Waals surface area contributed by atoms with Crippen LogP contribution in [-0.2, 0) is 4.74 Å². The first-order valence-electron chi connectivity index (χ1n) is 9.92. The van der Waals surface area contributed by atoms with Gasteiger partial charge in [-0.05, 0) is 57.9 Å². The molecule has 0 saturated heterocycles. The molecule has 2 heterocycles. The van der Waals surface area contributed by atoms with Gasteiger partial charge in [-0.1, -0.05) is 0 Å². The minimum Gasteiger partial charge on any atom is -0.443 e. The van der Waals surface area contributed by atoms with Crippen LogP contribution in [0.5, 0.6) is 0 Å². The zero-order valence-electron chi connectivity index (χ0n) is 18.7. The number of hydrogen-bond donors (Lipinski definition) is 1. The molecule has 8 nitrogen and oxygen atoms in total. The standard InChI is InChI=1S/C14H15FN2O3.C9H7FN2O/c1-8-5-9-11(6-10(8)15)16-7-17(12(9)18)13(19)20-14(2,3)4;1-5-2-6-8(3-7(5)10)11-4-12-9(6)13/h5-7H,1-4H3;2-4H,1H3,(H,11,12,13). The topological polar surface area (TPSA) is 107 Å². The van der Waals surface area contributed by atoms with Crippen LogP contribution in [0.4, 0.5) is 13.6 Å². The number of nitrogens with zero attached hydrogens (tertiary/aromatic N) is 3. The van der Waals surface area contributed by atoms with E-state index in [1.165, 1.54) is 30.6 Å². The van der Waals surface area contributed by atoms with Crippen molar-refractivity contribution >= 4 is 27.9 Å². The van der Waals surface area contributed by atoms with Crippen molar-refractivity contribution < 1.29 is 18.3 Å². The molecule has 1 N–H and O–H groups in total. The van der Waals surface area contributed by atoms with E-state index in [1.54, 1.807) is 34.6 Å². The van der Waals surface area contributed by atoms with Crippen LogP contribution in [0.25, 0.3) is 21.8 Å². The molecule has 0 unspecified atom stereocenters. The van der Waals surface area contributed by atoms with Gasteiger partial charge < -0.3 is 9.72 Å². The predicted molar refractivity (Wildman–Crippen MR) is 119 cm³/mol. The van der Waals surface area contributed by atoms with E-state index in [9.17, 15) is 23.2 Å². The fraction of sp³-hybridized carbons (Fsp3) is 0.261. The van der Waals surface area contributed by atoms with Crippen molar-refractivity contribution in [3.05, 3.63) is 80.4 Å². The highest BCUT2D eigenvalue weighted by Gasteiger charge is 2.20. The summed E-state index contributed by atoms with van der Waals surface area (Å²) in [5.74, 6) is -0.787. The van der Waals surface area contributed by atoms with Crippen molar-refractivity contribution in [2.24, 2.45) is 0 Å². The van der Waals surface area contributed by atoms with Crippen LogP contribution in [0.1, 0.15) is 31.9 Å². The van der Waals surface area contributed by atoms with Gasteiger partial charge in [-0.15, -0.1) is 0 Å². The summed E-state index contributed by atoms with van der Waals surface area (Å²) in [5.41, 5.74) is -0.181. The number of rotatable bonds is 0. The second kappa shape index (κ2) is 8.89. The van der Waals surface area contributed by atoms with Crippen LogP contribution in [0.2, 0.25) is 0 Å². The number of ether oxygens (including phenoxy) is 1. The Labute approximate surface area is 186 Å². The third-order valence-corrected chi connectivity index (χ3v) is 4.55. The molecular formula is C23H22F2N4O4. The fourth-order valence-corrected chi connectivity index (χ4v) is 2.89. The molecule has 0 atom stereocenters. The maximum atomic E-state index is 13.4. The van der Waals surface area contributed by atoms with Crippen LogP contribution in [0, 0.1) is 25.5 Å². The molecule has 0 saturated carbocycles. The normalized spacial score (nSPS) is 11.2. The number of halogens is 2. The Kier molecular flexibility index (Phi) is 6.39. The van der Waals surface area contributed by atoms with Gasteiger partial charge in [0.1, 0.15) is 23.6 Å². The fourth-order valence-electron chi connectivity index (χ4n) is 2.89. The Morgan fingerprint density at radius 1 is 0.939 bits per heavy atom. The molecule has 0 aliphatic heterocycles. The van der Waals surface area contributed by atoms with E-state index in [4.69, 9.17) is 4.74 Å². The lowest BCUT2D eigenvalue weighted by atomic mass is 10.1. The molecule has 4 rings (SSSR count). The minimum atomic E-state index is -0.807. The van der Waals surface area contributed by atoms with E-state index < -0.39 is 23.1 Å². The molecule has 0 aliphatic rings. The average Bonchev–Trinajstić information content (AvgIpc) is 2.71. The third-order valence-electron chi connectivity index (χ3n) is 4.55. The summed E-state index contributed by atoms with van der Waals surface area (Å²) in [4.78, 5) is 45.5. The van der Waals surface area contributed by atoms with Gasteiger partial charge in [0.15, 0.2) is 0 Å². The zero-order chi connectivity index (χ0) is 24.5. The van der Waals surface area contributed by atoms with Crippen molar-refractivity contribution in [3.63, 3.8) is 0 Å². The van der Waals surface area contributed by atoms with Crippen molar-refractivity contribution in [1.82, 2.24) is 19.5 Å². The smallest absolute Gasteiger partial charge is 0.422 e. The first kappa shape index (κ1) is 23.7. The maximum absolute atomic E-state index is 13.4. The van der Waals surface area contributed by atoms with Crippen LogP contribution < -0.4 is 11.1 Å². The van der Waals surface area contributed by atoms with Crippen LogP contribution in [0.3, 0.4) is 0 Å². The lowest BCUT2D eigenvalue weighted by molar-refractivity contribution is 0.0530. The molecule has 33 heavy (non-hydrogen) atoms. The van der Waals surface area contributed by atoms with Crippen LogP contribution in [-0.4, -0.2) is 31.2 Å². The van der Waals surface area contributed by atoms with E-state index in [0.29, 0.717) is 22.0 Å². The number of aryl methyl sites for hydroxylation is 2. The second-order valence-corrected chi connectivity index (χ2v) is 8.37. The number of carbonyl (C=O) groups is 1. The van der Waals surface area contributed by atoms with Crippen LogP contribution in [0.15, 0.2) is 46.5 Å². The van der Waals surface area contributed by atoms with E-state index in [2.05, 4.69) is 15.0 Å². The summed E-state index contributed by atoms with van der Waals surface area (Å²) in [6, 6.07) is 5.31. The number of benzene rings is 2. The van der Waals surface area contributed by atoms with E-state index in [1.807, 2.05) is 0 Å². The highest BCUT2D eigenvalue weighted by Crippen LogP contribution is 2.15. The predicted octanol–water partition coefficient (Wildman–Crippen LogP) is 4.00. The van der Waals surface area contributed by atoms with Crippen molar-refractivity contribution in [3.8, 4) is 0 Å². The summed E-state index contributed by atoms with van der Waals surface area (Å²) in [6.07, 6.45) is 1.51. The average molecular weight is 456 g/mol. The number of aromatic amines is 1. The zero-order valence-corrected chi connectivity index (χ0v) is 18.7. The van der Waals surface area contributed by atoms with Gasteiger partial charge in [0, 0.05) is 12.1 Å². The SMILES string of the molecule is Cc1cc2c(=O)[nH]cnc2cc1F.Cc1cc2c(=O)n(C(=O)OC(C)(C)C)cnc2cc1F. The Balaban J connectivity index is 0.000000203. The quantitative estimate of drug-likeness (QED) is 0.429. The number of fused-ring (bicyclic) bond motifs is 2. The maximum Gasteiger partial charge on any atom is 0.422 e. The molecule has 0 aliphatic carbocycles. The van der Waals surface area contributed by atoms with Crippen molar-refractivity contribution in [1.29, 1.82) is 0 Å². The van der Waals surface area contributed by atoms with Crippen molar-refractivity contribution in [2.45, 2.75) is 40.2 Å².